The molecule has 0 aliphatic carbocycles. The standard InChI is InChI=1S/C13H13FN8/c1-8-18-21-13(22(8)15)20-17-7-10-6-16-19-12(10)9-2-4-11(14)5-3-9/h2-7H,15H2,1H3,(H,16,19)(H,20,21)/b17-7+. The largest absolute Gasteiger partial charge is 0.335 e. The Balaban J connectivity index is 1.79. The first kappa shape index (κ1) is 13.7. The minimum absolute atomic E-state index is 0.294. The summed E-state index contributed by atoms with van der Waals surface area (Å²) >= 11 is 0. The first-order chi connectivity index (χ1) is 10.6. The number of hydrazone groups is 1. The van der Waals surface area contributed by atoms with Crippen LogP contribution in [0.1, 0.15) is 11.4 Å². The van der Waals surface area contributed by atoms with Gasteiger partial charge >= 0.3 is 0 Å². The Morgan fingerprint density at radius 2 is 2.09 bits per heavy atom. The lowest BCUT2D eigenvalue weighted by Gasteiger charge is -2.01. The topological polar surface area (TPSA) is 110 Å². The molecule has 3 rings (SSSR count). The van der Waals surface area contributed by atoms with Crippen molar-refractivity contribution < 1.29 is 4.39 Å². The number of nitrogens with zero attached hydrogens (tertiary/aromatic N) is 5. The zero-order valence-corrected chi connectivity index (χ0v) is 11.7. The van der Waals surface area contributed by atoms with Gasteiger partial charge in [0.25, 0.3) is 5.95 Å². The van der Waals surface area contributed by atoms with E-state index in [-0.39, 0.29) is 5.82 Å². The second-order valence-corrected chi connectivity index (χ2v) is 4.52. The van der Waals surface area contributed by atoms with Gasteiger partial charge in [0.05, 0.1) is 18.1 Å². The molecule has 1 aromatic carbocycles. The number of aryl methyl sites for hydroxylation is 1. The SMILES string of the molecule is Cc1nnc(N/N=C/c2cn[nH]c2-c2ccc(F)cc2)n1N. The first-order valence-electron chi connectivity index (χ1n) is 6.40. The lowest BCUT2D eigenvalue weighted by molar-refractivity contribution is 0.628. The number of hydrogen-bond donors (Lipinski definition) is 3. The molecular formula is C13H13FN8. The fourth-order valence-electron chi connectivity index (χ4n) is 1.85. The van der Waals surface area contributed by atoms with E-state index in [9.17, 15) is 4.39 Å². The predicted octanol–water partition coefficient (Wildman–Crippen LogP) is 1.28. The number of benzene rings is 1. The number of nitrogen functional groups attached to an aromatic ring is 1. The number of nitrogens with one attached hydrogen (secondary N) is 2. The van der Waals surface area contributed by atoms with E-state index in [0.717, 1.165) is 16.8 Å². The summed E-state index contributed by atoms with van der Waals surface area (Å²) in [6.07, 6.45) is 3.18. The summed E-state index contributed by atoms with van der Waals surface area (Å²) in [5.74, 6) is 6.29. The minimum atomic E-state index is -0.294. The van der Waals surface area contributed by atoms with Crippen LogP contribution in [0, 0.1) is 12.7 Å². The van der Waals surface area contributed by atoms with E-state index in [4.69, 9.17) is 5.84 Å². The Morgan fingerprint density at radius 1 is 1.32 bits per heavy atom. The fourth-order valence-corrected chi connectivity index (χ4v) is 1.85. The van der Waals surface area contributed by atoms with Gasteiger partial charge in [-0.15, -0.1) is 10.2 Å². The molecule has 0 aliphatic rings. The molecular weight excluding hydrogens is 287 g/mol. The lowest BCUT2D eigenvalue weighted by atomic mass is 10.1. The molecule has 0 fully saturated rings. The van der Waals surface area contributed by atoms with Crippen LogP contribution in [-0.4, -0.2) is 31.3 Å². The van der Waals surface area contributed by atoms with E-state index in [1.54, 1.807) is 31.5 Å². The van der Waals surface area contributed by atoms with Gasteiger partial charge in [-0.1, -0.05) is 0 Å². The van der Waals surface area contributed by atoms with Gasteiger partial charge in [0.2, 0.25) is 0 Å². The van der Waals surface area contributed by atoms with Gasteiger partial charge in [-0.3, -0.25) is 5.10 Å². The van der Waals surface area contributed by atoms with Gasteiger partial charge < -0.3 is 5.84 Å². The molecule has 112 valence electrons. The summed E-state index contributed by atoms with van der Waals surface area (Å²) in [7, 11) is 0. The molecule has 0 saturated carbocycles. The molecule has 0 spiro atoms. The van der Waals surface area contributed by atoms with E-state index < -0.39 is 0 Å². The maximum Gasteiger partial charge on any atom is 0.263 e. The van der Waals surface area contributed by atoms with Crippen LogP contribution in [0.2, 0.25) is 0 Å². The number of rotatable bonds is 4. The molecule has 0 aliphatic heterocycles. The van der Waals surface area contributed by atoms with Gasteiger partial charge in [0.1, 0.15) is 5.82 Å². The van der Waals surface area contributed by atoms with E-state index in [0.29, 0.717) is 11.8 Å². The number of aromatic amines is 1. The average Bonchev–Trinajstić information content (AvgIpc) is 3.10. The highest BCUT2D eigenvalue weighted by molar-refractivity contribution is 5.88. The summed E-state index contributed by atoms with van der Waals surface area (Å²) in [4.78, 5) is 0. The molecule has 22 heavy (non-hydrogen) atoms. The molecule has 2 aromatic heterocycles. The average molecular weight is 300 g/mol. The Kier molecular flexibility index (Phi) is 3.52. The minimum Gasteiger partial charge on any atom is -0.335 e. The van der Waals surface area contributed by atoms with Crippen LogP contribution in [0.5, 0.6) is 0 Å². The van der Waals surface area contributed by atoms with E-state index in [2.05, 4.69) is 30.9 Å². The molecule has 3 aromatic rings. The van der Waals surface area contributed by atoms with Crippen LogP contribution in [0.15, 0.2) is 35.6 Å². The van der Waals surface area contributed by atoms with Crippen LogP contribution in [0.25, 0.3) is 11.3 Å². The van der Waals surface area contributed by atoms with Crippen molar-refractivity contribution in [2.75, 3.05) is 11.3 Å². The van der Waals surface area contributed by atoms with Gasteiger partial charge in [-0.05, 0) is 31.2 Å². The van der Waals surface area contributed by atoms with Crippen LogP contribution in [-0.2, 0) is 0 Å². The molecule has 0 saturated heterocycles. The summed E-state index contributed by atoms with van der Waals surface area (Å²) in [5, 5.41) is 18.5. The second-order valence-electron chi connectivity index (χ2n) is 4.52. The van der Waals surface area contributed by atoms with E-state index >= 15 is 0 Å². The summed E-state index contributed by atoms with van der Waals surface area (Å²) in [5.41, 5.74) is 4.96. The molecule has 0 radical (unpaired) electrons. The molecule has 8 nitrogen and oxygen atoms in total. The zero-order chi connectivity index (χ0) is 15.5. The van der Waals surface area contributed by atoms with Crippen LogP contribution in [0.3, 0.4) is 0 Å². The second kappa shape index (κ2) is 5.64. The Morgan fingerprint density at radius 3 is 2.77 bits per heavy atom. The highest BCUT2D eigenvalue weighted by atomic mass is 19.1. The zero-order valence-electron chi connectivity index (χ0n) is 11.7. The third-order valence-electron chi connectivity index (χ3n) is 3.04. The molecule has 0 atom stereocenters. The van der Waals surface area contributed by atoms with Crippen molar-refractivity contribution in [3.05, 3.63) is 47.7 Å². The van der Waals surface area contributed by atoms with Gasteiger partial charge in [-0.2, -0.15) is 10.2 Å². The van der Waals surface area contributed by atoms with E-state index in [1.807, 2.05) is 0 Å². The van der Waals surface area contributed by atoms with Crippen molar-refractivity contribution in [3.8, 4) is 11.3 Å². The normalized spacial score (nSPS) is 11.2. The van der Waals surface area contributed by atoms with E-state index in [1.165, 1.54) is 16.8 Å². The number of H-pyrrole nitrogens is 1. The van der Waals surface area contributed by atoms with Crippen LogP contribution < -0.4 is 11.3 Å². The Labute approximate surface area is 124 Å². The Bertz CT molecular complexity index is 802. The molecule has 0 amide bonds. The van der Waals surface area contributed by atoms with Crippen molar-refractivity contribution in [1.29, 1.82) is 0 Å². The third-order valence-corrected chi connectivity index (χ3v) is 3.04. The van der Waals surface area contributed by atoms with Crippen molar-refractivity contribution in [2.45, 2.75) is 6.92 Å². The summed E-state index contributed by atoms with van der Waals surface area (Å²) in [6, 6.07) is 6.09. The number of nitrogens with two attached hydrogens (primary N) is 1. The van der Waals surface area contributed by atoms with Crippen LogP contribution >= 0.6 is 0 Å². The predicted molar refractivity (Wildman–Crippen MR) is 80.1 cm³/mol. The summed E-state index contributed by atoms with van der Waals surface area (Å²) in [6.45, 7) is 1.73. The summed E-state index contributed by atoms with van der Waals surface area (Å²) < 4.78 is 14.3. The van der Waals surface area contributed by atoms with Crippen LogP contribution in [0.4, 0.5) is 10.3 Å². The monoisotopic (exact) mass is 300 g/mol. The highest BCUT2D eigenvalue weighted by Gasteiger charge is 2.07. The third kappa shape index (κ3) is 2.64. The number of hydrogen-bond acceptors (Lipinski definition) is 6. The van der Waals surface area contributed by atoms with Gasteiger partial charge in [0.15, 0.2) is 5.82 Å². The lowest BCUT2D eigenvalue weighted by Crippen LogP contribution is -2.13. The van der Waals surface area contributed by atoms with Gasteiger partial charge in [-0.25, -0.2) is 14.5 Å². The van der Waals surface area contributed by atoms with Gasteiger partial charge in [0, 0.05) is 11.1 Å². The molecule has 0 bridgehead atoms. The smallest absolute Gasteiger partial charge is 0.263 e. The van der Waals surface area contributed by atoms with Crippen molar-refractivity contribution in [3.63, 3.8) is 0 Å². The van der Waals surface area contributed by atoms with Crippen molar-refractivity contribution in [1.82, 2.24) is 25.1 Å². The fraction of sp³-hybridized carbons (Fsp3) is 0.0769. The molecule has 2 heterocycles. The quantitative estimate of drug-likeness (QED) is 0.382. The van der Waals surface area contributed by atoms with Crippen molar-refractivity contribution in [2.24, 2.45) is 5.10 Å². The highest BCUT2D eigenvalue weighted by Crippen LogP contribution is 2.20. The number of halogens is 1. The van der Waals surface area contributed by atoms with Crippen molar-refractivity contribution >= 4 is 12.2 Å². The first-order valence-corrected chi connectivity index (χ1v) is 6.40. The molecule has 0 unspecified atom stereocenters. The Hall–Kier alpha value is -3.23. The number of anilines is 1. The molecule has 4 N–H and O–H groups in total. The molecule has 9 heteroatoms. The maximum absolute atomic E-state index is 13.0. The maximum atomic E-state index is 13.0. The number of aromatic nitrogens is 5.